The van der Waals surface area contributed by atoms with E-state index in [1.807, 2.05) is 0 Å². The molecule has 1 rings (SSSR count). The van der Waals surface area contributed by atoms with Gasteiger partial charge in [-0.15, -0.1) is 0 Å². The van der Waals surface area contributed by atoms with E-state index < -0.39 is 0 Å². The van der Waals surface area contributed by atoms with Crippen molar-refractivity contribution in [1.29, 1.82) is 0 Å². The average molecular weight is 126 g/mol. The topological polar surface area (TPSA) is 0 Å². The van der Waals surface area contributed by atoms with Gasteiger partial charge in [-0.2, -0.15) is 0 Å². The fourth-order valence-electron chi connectivity index (χ4n) is 2.25. The van der Waals surface area contributed by atoms with Crippen LogP contribution in [0.15, 0.2) is 0 Å². The van der Waals surface area contributed by atoms with Gasteiger partial charge in [-0.05, 0) is 24.2 Å². The maximum Gasteiger partial charge on any atom is -0.0298 e. The lowest BCUT2D eigenvalue weighted by Gasteiger charge is -2.45. The van der Waals surface area contributed by atoms with Gasteiger partial charge >= 0.3 is 0 Å². The van der Waals surface area contributed by atoms with Crippen LogP contribution in [-0.4, -0.2) is 0 Å². The summed E-state index contributed by atoms with van der Waals surface area (Å²) in [6.07, 6.45) is 5.77. The van der Waals surface area contributed by atoms with Gasteiger partial charge in [-0.1, -0.05) is 33.6 Å². The van der Waals surface area contributed by atoms with Gasteiger partial charge in [-0.25, -0.2) is 0 Å². The van der Waals surface area contributed by atoms with Crippen molar-refractivity contribution in [3.8, 4) is 0 Å². The second-order valence-electron chi connectivity index (χ2n) is 3.72. The molecule has 0 radical (unpaired) electrons. The molecule has 0 unspecified atom stereocenters. The van der Waals surface area contributed by atoms with Crippen molar-refractivity contribution < 1.29 is 0 Å². The van der Waals surface area contributed by atoms with Crippen LogP contribution in [0.5, 0.6) is 0 Å². The van der Waals surface area contributed by atoms with Gasteiger partial charge < -0.3 is 0 Å². The molecule has 1 aliphatic carbocycles. The van der Waals surface area contributed by atoms with E-state index in [4.69, 9.17) is 0 Å². The van der Waals surface area contributed by atoms with Crippen LogP contribution in [0, 0.1) is 11.3 Å². The molecule has 1 aliphatic rings. The lowest BCUT2D eigenvalue weighted by atomic mass is 9.60. The molecule has 9 heavy (non-hydrogen) atoms. The molecule has 0 aromatic rings. The highest BCUT2D eigenvalue weighted by molar-refractivity contribution is 4.89. The summed E-state index contributed by atoms with van der Waals surface area (Å²) < 4.78 is 0. The molecule has 0 atom stereocenters. The Balaban J connectivity index is 2.36. The van der Waals surface area contributed by atoms with Crippen molar-refractivity contribution in [3.05, 3.63) is 0 Å². The van der Waals surface area contributed by atoms with E-state index >= 15 is 0 Å². The molecule has 0 bridgehead atoms. The highest BCUT2D eigenvalue weighted by Gasteiger charge is 2.38. The number of hydrogen-bond donors (Lipinski definition) is 0. The first-order valence-electron chi connectivity index (χ1n) is 4.22. The van der Waals surface area contributed by atoms with Gasteiger partial charge in [0.1, 0.15) is 0 Å². The minimum absolute atomic E-state index is 0.777. The third-order valence-corrected chi connectivity index (χ3v) is 3.06. The van der Waals surface area contributed by atoms with Gasteiger partial charge in [0, 0.05) is 0 Å². The van der Waals surface area contributed by atoms with E-state index in [1.54, 1.807) is 0 Å². The Morgan fingerprint density at radius 2 is 1.67 bits per heavy atom. The van der Waals surface area contributed by atoms with Crippen LogP contribution < -0.4 is 0 Å². The van der Waals surface area contributed by atoms with Crippen LogP contribution >= 0.6 is 0 Å². The zero-order valence-corrected chi connectivity index (χ0v) is 6.91. The zero-order chi connectivity index (χ0) is 6.91. The Labute approximate surface area is 58.7 Å². The third-order valence-electron chi connectivity index (χ3n) is 3.06. The monoisotopic (exact) mass is 126 g/mol. The molecule has 0 heterocycles. The molecule has 0 saturated heterocycles. The van der Waals surface area contributed by atoms with Crippen LogP contribution in [0.4, 0.5) is 0 Å². The summed E-state index contributed by atoms with van der Waals surface area (Å²) in [4.78, 5) is 0. The van der Waals surface area contributed by atoms with Crippen LogP contribution in [0.1, 0.15) is 46.5 Å². The van der Waals surface area contributed by atoms with E-state index in [1.165, 1.54) is 25.7 Å². The normalized spacial score (nSPS) is 25.7. The fourth-order valence-corrected chi connectivity index (χ4v) is 2.25. The first kappa shape index (κ1) is 7.11. The highest BCUT2D eigenvalue weighted by atomic mass is 14.4. The molecular formula is C9H18. The lowest BCUT2D eigenvalue weighted by Crippen LogP contribution is -2.34. The summed E-state index contributed by atoms with van der Waals surface area (Å²) in [7, 11) is 0. The van der Waals surface area contributed by atoms with Crippen LogP contribution in [0.2, 0.25) is 0 Å². The molecule has 0 N–H and O–H groups in total. The van der Waals surface area contributed by atoms with Crippen LogP contribution in [0.25, 0.3) is 0 Å². The summed E-state index contributed by atoms with van der Waals surface area (Å²) in [5, 5.41) is 0. The van der Waals surface area contributed by atoms with E-state index in [0.29, 0.717) is 0 Å². The molecule has 0 amide bonds. The van der Waals surface area contributed by atoms with E-state index in [2.05, 4.69) is 20.8 Å². The first-order valence-corrected chi connectivity index (χ1v) is 4.22. The predicted octanol–water partition coefficient (Wildman–Crippen LogP) is 3.22. The number of rotatable bonds is 2. The average Bonchev–Trinajstić information content (AvgIpc) is 1.81. The van der Waals surface area contributed by atoms with Crippen molar-refractivity contribution in [3.63, 3.8) is 0 Å². The third kappa shape index (κ3) is 1.12. The SMILES string of the molecule is CCC1(CC)CC(C)C1. The summed E-state index contributed by atoms with van der Waals surface area (Å²) in [5.41, 5.74) is 0.777. The minimum atomic E-state index is 0.777. The predicted molar refractivity (Wildman–Crippen MR) is 41.4 cm³/mol. The van der Waals surface area contributed by atoms with E-state index in [-0.39, 0.29) is 0 Å². The first-order chi connectivity index (χ1) is 4.22. The maximum atomic E-state index is 2.36. The van der Waals surface area contributed by atoms with Gasteiger partial charge in [-0.3, -0.25) is 0 Å². The molecule has 0 nitrogen and oxygen atoms in total. The standard InChI is InChI=1S/C9H18/c1-4-9(5-2)6-8(3)7-9/h8H,4-7H2,1-3H3. The second kappa shape index (κ2) is 2.32. The number of hydrogen-bond acceptors (Lipinski definition) is 0. The Morgan fingerprint density at radius 1 is 1.22 bits per heavy atom. The van der Waals surface area contributed by atoms with Crippen molar-refractivity contribution in [2.24, 2.45) is 11.3 Å². The smallest absolute Gasteiger partial charge is 0.0298 e. The summed E-state index contributed by atoms with van der Waals surface area (Å²) >= 11 is 0. The van der Waals surface area contributed by atoms with Crippen LogP contribution in [-0.2, 0) is 0 Å². The molecule has 1 fully saturated rings. The van der Waals surface area contributed by atoms with Crippen molar-refractivity contribution in [2.75, 3.05) is 0 Å². The molecule has 0 aliphatic heterocycles. The second-order valence-corrected chi connectivity index (χ2v) is 3.72. The molecular weight excluding hydrogens is 108 g/mol. The molecule has 0 aromatic carbocycles. The van der Waals surface area contributed by atoms with E-state index in [0.717, 1.165) is 11.3 Å². The van der Waals surface area contributed by atoms with Crippen molar-refractivity contribution in [2.45, 2.75) is 46.5 Å². The van der Waals surface area contributed by atoms with E-state index in [9.17, 15) is 0 Å². The molecule has 54 valence electrons. The van der Waals surface area contributed by atoms with Crippen molar-refractivity contribution in [1.82, 2.24) is 0 Å². The van der Waals surface area contributed by atoms with Gasteiger partial charge in [0.05, 0.1) is 0 Å². The minimum Gasteiger partial charge on any atom is -0.0649 e. The lowest BCUT2D eigenvalue weighted by molar-refractivity contribution is 0.0569. The highest BCUT2D eigenvalue weighted by Crippen LogP contribution is 2.50. The molecule has 1 saturated carbocycles. The maximum absolute atomic E-state index is 2.36. The summed E-state index contributed by atoms with van der Waals surface area (Å²) in [6.45, 7) is 7.02. The summed E-state index contributed by atoms with van der Waals surface area (Å²) in [5.74, 6) is 1.02. The van der Waals surface area contributed by atoms with Crippen LogP contribution in [0.3, 0.4) is 0 Å². The molecule has 0 spiro atoms. The van der Waals surface area contributed by atoms with Gasteiger partial charge in [0.25, 0.3) is 0 Å². The molecule has 0 aromatic heterocycles. The summed E-state index contributed by atoms with van der Waals surface area (Å²) in [6, 6.07) is 0. The Hall–Kier alpha value is 0. The Bertz CT molecular complexity index is 82.2. The fraction of sp³-hybridized carbons (Fsp3) is 1.00. The largest absolute Gasteiger partial charge is 0.0649 e. The van der Waals surface area contributed by atoms with Crippen molar-refractivity contribution >= 4 is 0 Å². The van der Waals surface area contributed by atoms with Gasteiger partial charge in [0.15, 0.2) is 0 Å². The quantitative estimate of drug-likeness (QED) is 0.533. The zero-order valence-electron chi connectivity index (χ0n) is 6.91. The Morgan fingerprint density at radius 3 is 1.78 bits per heavy atom. The molecule has 0 heteroatoms. The van der Waals surface area contributed by atoms with Gasteiger partial charge in [0.2, 0.25) is 0 Å². The Kier molecular flexibility index (Phi) is 1.83.